The zero-order valence-electron chi connectivity index (χ0n) is 20.2. The number of ether oxygens (including phenoxy) is 3. The van der Waals surface area contributed by atoms with Crippen molar-refractivity contribution in [2.24, 2.45) is 4.99 Å². The maximum absolute atomic E-state index is 12.6. The molecule has 0 aromatic heterocycles. The van der Waals surface area contributed by atoms with E-state index in [2.05, 4.69) is 20.9 Å². The van der Waals surface area contributed by atoms with Crippen LogP contribution in [0.3, 0.4) is 0 Å². The molecule has 0 fully saturated rings. The number of carbonyl (C=O) groups excluding carboxylic acids is 1. The molecule has 8 nitrogen and oxygen atoms in total. The van der Waals surface area contributed by atoms with Crippen LogP contribution in [0.15, 0.2) is 94.0 Å². The van der Waals surface area contributed by atoms with Crippen LogP contribution in [-0.2, 0) is 16.1 Å². The third kappa shape index (κ3) is 5.42. The van der Waals surface area contributed by atoms with Crippen molar-refractivity contribution in [3.05, 3.63) is 116 Å². The topological polar surface area (TPSA) is 100 Å². The molecule has 0 spiro atoms. The Bertz CT molecular complexity index is 1610. The Morgan fingerprint density at radius 2 is 1.76 bits per heavy atom. The molecule has 9 heteroatoms. The minimum Gasteiger partial charge on any atom is -0.490 e. The molecule has 0 amide bonds. The summed E-state index contributed by atoms with van der Waals surface area (Å²) >= 11 is 3.53. The summed E-state index contributed by atoms with van der Waals surface area (Å²) in [5.41, 5.74) is 2.33. The molecule has 1 aliphatic rings. The van der Waals surface area contributed by atoms with Gasteiger partial charge in [0.1, 0.15) is 6.61 Å². The summed E-state index contributed by atoms with van der Waals surface area (Å²) in [4.78, 5) is 27.5. The van der Waals surface area contributed by atoms with E-state index in [0.29, 0.717) is 33.7 Å². The number of esters is 1. The zero-order chi connectivity index (χ0) is 26.6. The standard InChI is InChI=1S/C29H21BrN2O6/c1-2-36-26-15-19(13-24(30)27(26)37-17-18-7-11-23(12-8-18)32(34)35)14-25-29(33)38-28(31-25)22-10-9-20-5-3-4-6-21(20)16-22/h3-16H,2,17H2,1H3/b25-14-. The van der Waals surface area contributed by atoms with Crippen molar-refractivity contribution in [2.45, 2.75) is 13.5 Å². The third-order valence-corrected chi connectivity index (χ3v) is 6.37. The molecule has 0 atom stereocenters. The van der Waals surface area contributed by atoms with E-state index >= 15 is 0 Å². The SMILES string of the molecule is CCOc1cc(/C=C2\N=C(c3ccc4ccccc4c3)OC2=O)cc(Br)c1OCc1ccc([N+](=O)[O-])cc1. The summed E-state index contributed by atoms with van der Waals surface area (Å²) in [6.45, 7) is 2.43. The number of hydrogen-bond acceptors (Lipinski definition) is 7. The quantitative estimate of drug-likeness (QED) is 0.0992. The van der Waals surface area contributed by atoms with Gasteiger partial charge in [-0.2, -0.15) is 0 Å². The smallest absolute Gasteiger partial charge is 0.363 e. The van der Waals surface area contributed by atoms with E-state index in [1.165, 1.54) is 12.1 Å². The lowest BCUT2D eigenvalue weighted by Crippen LogP contribution is -2.05. The van der Waals surface area contributed by atoms with Crippen molar-refractivity contribution in [2.75, 3.05) is 6.61 Å². The lowest BCUT2D eigenvalue weighted by atomic mass is 10.1. The van der Waals surface area contributed by atoms with Gasteiger partial charge in [0.05, 0.1) is 16.0 Å². The number of nitrogens with zero attached hydrogens (tertiary/aromatic N) is 2. The van der Waals surface area contributed by atoms with Gasteiger partial charge in [0.15, 0.2) is 17.2 Å². The number of aliphatic imine (C=N–C) groups is 1. The van der Waals surface area contributed by atoms with E-state index in [0.717, 1.165) is 16.3 Å². The predicted molar refractivity (Wildman–Crippen MR) is 147 cm³/mol. The second-order valence-corrected chi connectivity index (χ2v) is 9.23. The van der Waals surface area contributed by atoms with Crippen LogP contribution < -0.4 is 9.47 Å². The number of fused-ring (bicyclic) bond motifs is 1. The molecule has 4 aromatic carbocycles. The molecule has 0 saturated carbocycles. The van der Waals surface area contributed by atoms with Gasteiger partial charge in [-0.15, -0.1) is 0 Å². The molecular weight excluding hydrogens is 552 g/mol. The van der Waals surface area contributed by atoms with Gasteiger partial charge in [-0.05, 0) is 87.2 Å². The van der Waals surface area contributed by atoms with Crippen molar-refractivity contribution < 1.29 is 23.9 Å². The average molecular weight is 573 g/mol. The second-order valence-electron chi connectivity index (χ2n) is 8.37. The van der Waals surface area contributed by atoms with Crippen LogP contribution in [0.25, 0.3) is 16.8 Å². The van der Waals surface area contributed by atoms with Crippen molar-refractivity contribution >= 4 is 50.3 Å². The first-order valence-electron chi connectivity index (χ1n) is 11.8. The maximum Gasteiger partial charge on any atom is 0.363 e. The fraction of sp³-hybridized carbons (Fsp3) is 0.103. The first-order valence-corrected chi connectivity index (χ1v) is 12.5. The number of hydrogen-bond donors (Lipinski definition) is 0. The average Bonchev–Trinajstić information content (AvgIpc) is 3.28. The third-order valence-electron chi connectivity index (χ3n) is 5.78. The number of cyclic esters (lactones) is 1. The Labute approximate surface area is 226 Å². The van der Waals surface area contributed by atoms with E-state index in [1.807, 2.05) is 49.4 Å². The fourth-order valence-electron chi connectivity index (χ4n) is 3.96. The van der Waals surface area contributed by atoms with Crippen LogP contribution in [0.1, 0.15) is 23.6 Å². The first-order chi connectivity index (χ1) is 18.4. The van der Waals surface area contributed by atoms with Crippen LogP contribution in [0.5, 0.6) is 11.5 Å². The summed E-state index contributed by atoms with van der Waals surface area (Å²) in [6.07, 6.45) is 1.63. The number of benzene rings is 4. The molecule has 1 aliphatic heterocycles. The number of non-ortho nitro benzene ring substituents is 1. The molecule has 190 valence electrons. The normalized spacial score (nSPS) is 13.9. The molecule has 1 heterocycles. The number of rotatable bonds is 8. The maximum atomic E-state index is 12.6. The first kappa shape index (κ1) is 25.2. The van der Waals surface area contributed by atoms with Gasteiger partial charge in [-0.3, -0.25) is 10.1 Å². The van der Waals surface area contributed by atoms with Crippen molar-refractivity contribution in [1.29, 1.82) is 0 Å². The summed E-state index contributed by atoms with van der Waals surface area (Å²) in [5, 5.41) is 13.0. The number of carbonyl (C=O) groups is 1. The number of halogens is 1. The van der Waals surface area contributed by atoms with Crippen LogP contribution >= 0.6 is 15.9 Å². The van der Waals surface area contributed by atoms with E-state index in [4.69, 9.17) is 14.2 Å². The van der Waals surface area contributed by atoms with Crippen molar-refractivity contribution in [3.63, 3.8) is 0 Å². The van der Waals surface area contributed by atoms with E-state index in [9.17, 15) is 14.9 Å². The lowest BCUT2D eigenvalue weighted by Gasteiger charge is -2.15. The fourth-order valence-corrected chi connectivity index (χ4v) is 4.53. The van der Waals surface area contributed by atoms with Gasteiger partial charge >= 0.3 is 5.97 Å². The van der Waals surface area contributed by atoms with Crippen molar-refractivity contribution in [1.82, 2.24) is 0 Å². The van der Waals surface area contributed by atoms with E-state index < -0.39 is 10.9 Å². The van der Waals surface area contributed by atoms with Gasteiger partial charge < -0.3 is 14.2 Å². The number of nitro groups is 1. The number of nitro benzene ring substituents is 1. The molecule has 0 bridgehead atoms. The Hall–Kier alpha value is -4.50. The monoisotopic (exact) mass is 572 g/mol. The highest BCUT2D eigenvalue weighted by atomic mass is 79.9. The molecule has 0 aliphatic carbocycles. The highest BCUT2D eigenvalue weighted by molar-refractivity contribution is 9.10. The Kier molecular flexibility index (Phi) is 7.19. The second kappa shape index (κ2) is 10.9. The molecule has 0 unspecified atom stereocenters. The largest absolute Gasteiger partial charge is 0.490 e. The van der Waals surface area contributed by atoms with Gasteiger partial charge in [0.25, 0.3) is 5.69 Å². The summed E-state index contributed by atoms with van der Waals surface area (Å²) < 4.78 is 17.8. The van der Waals surface area contributed by atoms with Gasteiger partial charge in [0, 0.05) is 17.7 Å². The van der Waals surface area contributed by atoms with Crippen LogP contribution in [-0.4, -0.2) is 23.4 Å². The highest BCUT2D eigenvalue weighted by Gasteiger charge is 2.25. The predicted octanol–water partition coefficient (Wildman–Crippen LogP) is 6.83. The molecule has 0 saturated heterocycles. The van der Waals surface area contributed by atoms with E-state index in [-0.39, 0.29) is 23.9 Å². The molecule has 4 aromatic rings. The lowest BCUT2D eigenvalue weighted by molar-refractivity contribution is -0.384. The van der Waals surface area contributed by atoms with Gasteiger partial charge in [0.2, 0.25) is 5.90 Å². The summed E-state index contributed by atoms with van der Waals surface area (Å²) in [5.74, 6) is 0.655. The molecular formula is C29H21BrN2O6. The minimum absolute atomic E-state index is 0.0131. The Morgan fingerprint density at radius 1 is 1.00 bits per heavy atom. The van der Waals surface area contributed by atoms with Crippen LogP contribution in [0.4, 0.5) is 5.69 Å². The Morgan fingerprint density at radius 3 is 2.50 bits per heavy atom. The zero-order valence-corrected chi connectivity index (χ0v) is 21.8. The van der Waals surface area contributed by atoms with E-state index in [1.54, 1.807) is 30.3 Å². The summed E-state index contributed by atoms with van der Waals surface area (Å²) in [7, 11) is 0. The minimum atomic E-state index is -0.541. The van der Waals surface area contributed by atoms with Crippen molar-refractivity contribution in [3.8, 4) is 11.5 Å². The molecule has 38 heavy (non-hydrogen) atoms. The highest BCUT2D eigenvalue weighted by Crippen LogP contribution is 2.38. The van der Waals surface area contributed by atoms with Gasteiger partial charge in [-0.25, -0.2) is 9.79 Å². The summed E-state index contributed by atoms with van der Waals surface area (Å²) in [6, 6.07) is 23.4. The van der Waals surface area contributed by atoms with Crippen LogP contribution in [0.2, 0.25) is 0 Å². The Balaban J connectivity index is 1.39. The molecule has 0 N–H and O–H groups in total. The van der Waals surface area contributed by atoms with Crippen LogP contribution in [0, 0.1) is 10.1 Å². The molecule has 5 rings (SSSR count). The molecule has 0 radical (unpaired) electrons. The van der Waals surface area contributed by atoms with Gasteiger partial charge in [-0.1, -0.05) is 30.3 Å².